The van der Waals surface area contributed by atoms with Crippen LogP contribution in [0.15, 0.2) is 0 Å². The summed E-state index contributed by atoms with van der Waals surface area (Å²) in [6, 6.07) is 0. The third kappa shape index (κ3) is 4.61. The monoisotopic (exact) mass is 168 g/mol. The Morgan fingerprint density at radius 1 is 1.40 bits per heavy atom. The van der Waals surface area contributed by atoms with Gasteiger partial charge in [-0.1, -0.05) is 0 Å². The fourth-order valence-electron chi connectivity index (χ4n) is 0.346. The summed E-state index contributed by atoms with van der Waals surface area (Å²) in [6.07, 6.45) is -2.66. The Balaban J connectivity index is 3.81. The van der Waals surface area contributed by atoms with Gasteiger partial charge in [0.1, 0.15) is 5.60 Å². The molecule has 0 spiro atoms. The van der Waals surface area contributed by atoms with Crippen molar-refractivity contribution in [3.8, 4) is 0 Å². The summed E-state index contributed by atoms with van der Waals surface area (Å²) in [4.78, 5) is 0. The normalized spacial score (nSPS) is 11.8. The summed E-state index contributed by atoms with van der Waals surface area (Å²) in [5, 5.41) is -0.632. The first kappa shape index (κ1) is 9.75. The zero-order chi connectivity index (χ0) is 8.36. The van der Waals surface area contributed by atoms with Gasteiger partial charge in [-0.2, -0.15) is 0 Å². The zero-order valence-electron chi connectivity index (χ0n) is 6.15. The van der Waals surface area contributed by atoms with E-state index in [1.165, 1.54) is 0 Å². The molecule has 0 aromatic rings. The maximum Gasteiger partial charge on any atom is 0.305 e. The number of halogens is 2. The van der Waals surface area contributed by atoms with Crippen LogP contribution in [0.2, 0.25) is 0 Å². The highest BCUT2D eigenvalue weighted by atomic mass is 32.1. The molecule has 0 fully saturated rings. The predicted octanol–water partition coefficient (Wildman–Crippen LogP) is 2.39. The van der Waals surface area contributed by atoms with E-state index in [1.54, 1.807) is 20.8 Å². The average molecular weight is 168 g/mol. The fraction of sp³-hybridized carbons (Fsp3) is 0.833. The third-order valence-electron chi connectivity index (χ3n) is 0.585. The molecule has 0 saturated heterocycles. The summed E-state index contributed by atoms with van der Waals surface area (Å²) in [7, 11) is 0. The quantitative estimate of drug-likeness (QED) is 0.556. The van der Waals surface area contributed by atoms with Crippen LogP contribution in [0, 0.1) is 0 Å². The second-order valence-corrected chi connectivity index (χ2v) is 3.24. The molecule has 0 amide bonds. The van der Waals surface area contributed by atoms with Crippen LogP contribution in [-0.2, 0) is 4.74 Å². The molecule has 10 heavy (non-hydrogen) atoms. The lowest BCUT2D eigenvalue weighted by atomic mass is 10.2. The van der Waals surface area contributed by atoms with Crippen LogP contribution in [0.25, 0.3) is 0 Å². The molecule has 0 aliphatic rings. The Morgan fingerprint density at radius 3 is 1.90 bits per heavy atom. The SMILES string of the molecule is CC(C)(C)OC(=S)C(F)F. The fourth-order valence-corrected chi connectivity index (χ4v) is 0.596. The predicted molar refractivity (Wildman–Crippen MR) is 39.4 cm³/mol. The van der Waals surface area contributed by atoms with Crippen molar-refractivity contribution < 1.29 is 13.5 Å². The van der Waals surface area contributed by atoms with Crippen molar-refractivity contribution in [1.29, 1.82) is 0 Å². The molecule has 0 aromatic carbocycles. The van der Waals surface area contributed by atoms with E-state index in [-0.39, 0.29) is 0 Å². The number of rotatable bonds is 1. The van der Waals surface area contributed by atoms with E-state index in [0.717, 1.165) is 0 Å². The van der Waals surface area contributed by atoms with Crippen LogP contribution in [0.4, 0.5) is 8.78 Å². The lowest BCUT2D eigenvalue weighted by Crippen LogP contribution is -2.26. The van der Waals surface area contributed by atoms with E-state index in [2.05, 4.69) is 17.0 Å². The van der Waals surface area contributed by atoms with Crippen molar-refractivity contribution in [2.45, 2.75) is 32.8 Å². The van der Waals surface area contributed by atoms with Crippen LogP contribution in [0.1, 0.15) is 20.8 Å². The molecule has 0 saturated carbocycles. The van der Waals surface area contributed by atoms with Crippen LogP contribution in [0.5, 0.6) is 0 Å². The Bertz CT molecular complexity index is 128. The molecule has 0 aromatic heterocycles. The van der Waals surface area contributed by atoms with Crippen LogP contribution >= 0.6 is 12.2 Å². The smallest absolute Gasteiger partial charge is 0.305 e. The first-order valence-corrected chi connectivity index (χ1v) is 3.25. The zero-order valence-corrected chi connectivity index (χ0v) is 6.97. The Labute approximate surface area is 64.4 Å². The minimum Gasteiger partial charge on any atom is -0.477 e. The summed E-state index contributed by atoms with van der Waals surface area (Å²) in [5.41, 5.74) is -0.618. The standard InChI is InChI=1S/C6H10F2OS/c1-6(2,3)9-5(10)4(7)8/h4H,1-3H3. The number of hydrogen-bond donors (Lipinski definition) is 0. The molecule has 0 radical (unpaired) electrons. The van der Waals surface area contributed by atoms with Gasteiger partial charge in [0.15, 0.2) is 0 Å². The second kappa shape index (κ2) is 3.23. The van der Waals surface area contributed by atoms with Gasteiger partial charge < -0.3 is 4.74 Å². The van der Waals surface area contributed by atoms with E-state index in [1.807, 2.05) is 0 Å². The molecule has 0 N–H and O–H groups in total. The second-order valence-electron chi connectivity index (χ2n) is 2.83. The minimum atomic E-state index is -2.66. The average Bonchev–Trinajstić information content (AvgIpc) is 1.60. The number of thiocarbonyl (C=S) groups is 1. The van der Waals surface area contributed by atoms with Gasteiger partial charge in [0.25, 0.3) is 0 Å². The molecule has 0 aliphatic carbocycles. The Hall–Kier alpha value is -0.250. The van der Waals surface area contributed by atoms with Gasteiger partial charge >= 0.3 is 6.43 Å². The molecule has 0 aliphatic heterocycles. The molecule has 0 rings (SSSR count). The van der Waals surface area contributed by atoms with Crippen LogP contribution in [0.3, 0.4) is 0 Å². The molecule has 60 valence electrons. The molecule has 0 heterocycles. The number of hydrogen-bond acceptors (Lipinski definition) is 2. The highest BCUT2D eigenvalue weighted by Crippen LogP contribution is 2.11. The van der Waals surface area contributed by atoms with Gasteiger partial charge in [-0.15, -0.1) is 0 Å². The lowest BCUT2D eigenvalue weighted by molar-refractivity contribution is 0.0838. The minimum absolute atomic E-state index is 0.618. The van der Waals surface area contributed by atoms with Crippen molar-refractivity contribution >= 4 is 17.3 Å². The van der Waals surface area contributed by atoms with Crippen LogP contribution < -0.4 is 0 Å². The summed E-state index contributed by atoms with van der Waals surface area (Å²) in [6.45, 7) is 5.01. The maximum atomic E-state index is 11.7. The van der Waals surface area contributed by atoms with E-state index in [4.69, 9.17) is 0 Å². The van der Waals surface area contributed by atoms with Crippen molar-refractivity contribution in [3.05, 3.63) is 0 Å². The van der Waals surface area contributed by atoms with Crippen molar-refractivity contribution in [3.63, 3.8) is 0 Å². The van der Waals surface area contributed by atoms with Crippen molar-refractivity contribution in [2.75, 3.05) is 0 Å². The van der Waals surface area contributed by atoms with Crippen molar-refractivity contribution in [2.24, 2.45) is 0 Å². The maximum absolute atomic E-state index is 11.7. The van der Waals surface area contributed by atoms with E-state index >= 15 is 0 Å². The molecule has 0 bridgehead atoms. The summed E-state index contributed by atoms with van der Waals surface area (Å²) < 4.78 is 28.1. The van der Waals surface area contributed by atoms with Gasteiger partial charge in [0, 0.05) is 0 Å². The van der Waals surface area contributed by atoms with E-state index in [0.29, 0.717) is 0 Å². The van der Waals surface area contributed by atoms with Gasteiger partial charge in [-0.3, -0.25) is 0 Å². The van der Waals surface area contributed by atoms with Gasteiger partial charge in [0.05, 0.1) is 0 Å². The molecular formula is C6H10F2OS. The topological polar surface area (TPSA) is 9.23 Å². The third-order valence-corrected chi connectivity index (χ3v) is 0.846. The summed E-state index contributed by atoms with van der Waals surface area (Å²) in [5.74, 6) is 0. The van der Waals surface area contributed by atoms with E-state index < -0.39 is 17.1 Å². The van der Waals surface area contributed by atoms with Gasteiger partial charge in [-0.25, -0.2) is 8.78 Å². The Morgan fingerprint density at radius 2 is 1.80 bits per heavy atom. The molecule has 0 atom stereocenters. The molecule has 4 heteroatoms. The number of alkyl halides is 2. The van der Waals surface area contributed by atoms with E-state index in [9.17, 15) is 8.78 Å². The van der Waals surface area contributed by atoms with Crippen molar-refractivity contribution in [1.82, 2.24) is 0 Å². The first-order valence-electron chi connectivity index (χ1n) is 2.84. The molecule has 0 unspecified atom stereocenters. The molecular weight excluding hydrogens is 158 g/mol. The highest BCUT2D eigenvalue weighted by molar-refractivity contribution is 7.80. The largest absolute Gasteiger partial charge is 0.477 e. The van der Waals surface area contributed by atoms with Crippen LogP contribution in [-0.4, -0.2) is 17.1 Å². The number of ether oxygens (including phenoxy) is 1. The highest BCUT2D eigenvalue weighted by Gasteiger charge is 2.19. The van der Waals surface area contributed by atoms with Gasteiger partial charge in [-0.05, 0) is 33.0 Å². The first-order chi connectivity index (χ1) is 4.33. The Kier molecular flexibility index (Phi) is 3.15. The lowest BCUT2D eigenvalue weighted by Gasteiger charge is -2.20. The van der Waals surface area contributed by atoms with Gasteiger partial charge in [0.2, 0.25) is 5.05 Å². The molecule has 1 nitrogen and oxygen atoms in total. The summed E-state index contributed by atoms with van der Waals surface area (Å²) >= 11 is 4.25.